The topological polar surface area (TPSA) is 83.7 Å². The first-order valence-electron chi connectivity index (χ1n) is 9.30. The Morgan fingerprint density at radius 3 is 2.84 bits per heavy atom. The van der Waals surface area contributed by atoms with Crippen molar-refractivity contribution in [1.82, 2.24) is 25.3 Å². The zero-order chi connectivity index (χ0) is 17.8. The van der Waals surface area contributed by atoms with Crippen LogP contribution in [0.4, 0.5) is 4.79 Å². The molecule has 8 heteroatoms. The number of carbonyl (C=O) groups is 1. The number of amides is 2. The van der Waals surface area contributed by atoms with Crippen LogP contribution in [0.3, 0.4) is 0 Å². The van der Waals surface area contributed by atoms with Crippen LogP contribution in [-0.4, -0.2) is 71.4 Å². The van der Waals surface area contributed by atoms with Crippen LogP contribution in [0.1, 0.15) is 57.4 Å². The monoisotopic (exact) mass is 351 g/mol. The van der Waals surface area contributed by atoms with Crippen LogP contribution in [-0.2, 0) is 4.74 Å². The Morgan fingerprint density at radius 1 is 1.40 bits per heavy atom. The molecule has 1 N–H and O–H groups in total. The number of hydrogen-bond donors (Lipinski definition) is 1. The number of urea groups is 1. The van der Waals surface area contributed by atoms with Gasteiger partial charge in [0.15, 0.2) is 6.10 Å². The van der Waals surface area contributed by atoms with Gasteiger partial charge in [-0.25, -0.2) is 4.79 Å². The van der Waals surface area contributed by atoms with Crippen molar-refractivity contribution in [2.24, 2.45) is 0 Å². The third-order valence-electron chi connectivity index (χ3n) is 4.72. The van der Waals surface area contributed by atoms with Crippen molar-refractivity contribution in [1.29, 1.82) is 0 Å². The molecule has 0 radical (unpaired) electrons. The second kappa shape index (κ2) is 8.14. The standard InChI is InChI=1S/C17H29N5O3/c1-4-21(13-5-6-13)8-7-18-17(23)22-9-10-24-14(11-22)16-20-19-15(25-16)12(2)3/h12-14H,4-11H2,1-3H3,(H,18,23). The number of carbonyl (C=O) groups excluding carboxylic acids is 1. The molecule has 0 aromatic carbocycles. The molecule has 0 bridgehead atoms. The summed E-state index contributed by atoms with van der Waals surface area (Å²) in [4.78, 5) is 16.6. The molecule has 25 heavy (non-hydrogen) atoms. The van der Waals surface area contributed by atoms with Crippen molar-refractivity contribution in [3.05, 3.63) is 11.8 Å². The van der Waals surface area contributed by atoms with Gasteiger partial charge in [0, 0.05) is 31.6 Å². The number of rotatable bonds is 7. The Labute approximate surface area is 148 Å². The quantitative estimate of drug-likeness (QED) is 0.806. The third kappa shape index (κ3) is 4.70. The summed E-state index contributed by atoms with van der Waals surface area (Å²) in [5.41, 5.74) is 0. The van der Waals surface area contributed by atoms with E-state index < -0.39 is 0 Å². The summed E-state index contributed by atoms with van der Waals surface area (Å²) >= 11 is 0. The van der Waals surface area contributed by atoms with Crippen molar-refractivity contribution in [3.8, 4) is 0 Å². The van der Waals surface area contributed by atoms with Crippen LogP contribution >= 0.6 is 0 Å². The minimum Gasteiger partial charge on any atom is -0.422 e. The highest BCUT2D eigenvalue weighted by molar-refractivity contribution is 5.74. The minimum atomic E-state index is -0.349. The van der Waals surface area contributed by atoms with E-state index in [-0.39, 0.29) is 18.1 Å². The predicted molar refractivity (Wildman–Crippen MR) is 92.3 cm³/mol. The summed E-state index contributed by atoms with van der Waals surface area (Å²) in [5, 5.41) is 11.1. The largest absolute Gasteiger partial charge is 0.422 e. The lowest BCUT2D eigenvalue weighted by Gasteiger charge is -2.31. The maximum Gasteiger partial charge on any atom is 0.317 e. The van der Waals surface area contributed by atoms with Gasteiger partial charge in [-0.1, -0.05) is 20.8 Å². The van der Waals surface area contributed by atoms with Gasteiger partial charge in [0.2, 0.25) is 11.8 Å². The SMILES string of the molecule is CCN(CCNC(=O)N1CCOC(c2nnc(C(C)C)o2)C1)C1CC1. The molecular weight excluding hydrogens is 322 g/mol. The zero-order valence-electron chi connectivity index (χ0n) is 15.4. The molecule has 2 amide bonds. The van der Waals surface area contributed by atoms with E-state index in [4.69, 9.17) is 9.15 Å². The van der Waals surface area contributed by atoms with Gasteiger partial charge in [0.25, 0.3) is 0 Å². The lowest BCUT2D eigenvalue weighted by molar-refractivity contribution is -0.0293. The first kappa shape index (κ1) is 18.1. The first-order valence-corrected chi connectivity index (χ1v) is 9.30. The summed E-state index contributed by atoms with van der Waals surface area (Å²) in [6, 6.07) is 0.672. The molecule has 1 saturated heterocycles. The highest BCUT2D eigenvalue weighted by Crippen LogP contribution is 2.26. The summed E-state index contributed by atoms with van der Waals surface area (Å²) < 4.78 is 11.4. The maximum absolute atomic E-state index is 12.4. The first-order chi connectivity index (χ1) is 12.1. The van der Waals surface area contributed by atoms with Gasteiger partial charge in [-0.2, -0.15) is 0 Å². The molecule has 1 atom stereocenters. The summed E-state index contributed by atoms with van der Waals surface area (Å²) in [6.07, 6.45) is 2.23. The van der Waals surface area contributed by atoms with Crippen LogP contribution in [0.5, 0.6) is 0 Å². The molecule has 1 aromatic heterocycles. The van der Waals surface area contributed by atoms with E-state index in [0.29, 0.717) is 38.0 Å². The van der Waals surface area contributed by atoms with Gasteiger partial charge in [0.1, 0.15) is 0 Å². The van der Waals surface area contributed by atoms with Crippen LogP contribution in [0.25, 0.3) is 0 Å². The Hall–Kier alpha value is -1.67. The number of hydrogen-bond acceptors (Lipinski definition) is 6. The molecule has 2 aliphatic rings. The highest BCUT2D eigenvalue weighted by atomic mass is 16.5. The van der Waals surface area contributed by atoms with E-state index in [1.807, 2.05) is 13.8 Å². The Balaban J connectivity index is 1.47. The number of nitrogens with one attached hydrogen (secondary N) is 1. The molecule has 1 aromatic rings. The average Bonchev–Trinajstić information content (AvgIpc) is 3.33. The number of likely N-dealkylation sites (N-methyl/N-ethyl adjacent to an activating group) is 1. The smallest absolute Gasteiger partial charge is 0.317 e. The van der Waals surface area contributed by atoms with Crippen LogP contribution < -0.4 is 5.32 Å². The van der Waals surface area contributed by atoms with Crippen molar-refractivity contribution in [3.63, 3.8) is 0 Å². The number of aromatic nitrogens is 2. The molecule has 8 nitrogen and oxygen atoms in total. The molecule has 1 aliphatic carbocycles. The predicted octanol–water partition coefficient (Wildman–Crippen LogP) is 1.76. The Kier molecular flexibility index (Phi) is 5.90. The third-order valence-corrected chi connectivity index (χ3v) is 4.72. The number of nitrogens with zero attached hydrogens (tertiary/aromatic N) is 4. The van der Waals surface area contributed by atoms with E-state index in [2.05, 4.69) is 27.3 Å². The maximum atomic E-state index is 12.4. The van der Waals surface area contributed by atoms with Crippen LogP contribution in [0, 0.1) is 0 Å². The highest BCUT2D eigenvalue weighted by Gasteiger charge is 2.30. The van der Waals surface area contributed by atoms with Gasteiger partial charge in [-0.3, -0.25) is 4.90 Å². The summed E-state index contributed by atoms with van der Waals surface area (Å²) in [5.74, 6) is 1.23. The number of ether oxygens (including phenoxy) is 1. The average molecular weight is 351 g/mol. The molecule has 3 rings (SSSR count). The Bertz CT molecular complexity index is 572. The molecule has 0 spiro atoms. The van der Waals surface area contributed by atoms with Gasteiger partial charge >= 0.3 is 6.03 Å². The molecule has 1 unspecified atom stereocenters. The fourth-order valence-electron chi connectivity index (χ4n) is 3.05. The second-order valence-electron chi connectivity index (χ2n) is 7.03. The van der Waals surface area contributed by atoms with E-state index >= 15 is 0 Å². The van der Waals surface area contributed by atoms with Crippen molar-refractivity contribution in [2.45, 2.75) is 51.7 Å². The summed E-state index contributed by atoms with van der Waals surface area (Å²) in [7, 11) is 0. The molecular formula is C17H29N5O3. The lowest BCUT2D eigenvalue weighted by atomic mass is 10.2. The molecule has 140 valence electrons. The van der Waals surface area contributed by atoms with Gasteiger partial charge in [-0.15, -0.1) is 10.2 Å². The fourth-order valence-corrected chi connectivity index (χ4v) is 3.05. The van der Waals surface area contributed by atoms with Crippen molar-refractivity contribution >= 4 is 6.03 Å². The molecule has 1 saturated carbocycles. The minimum absolute atomic E-state index is 0.0521. The fraction of sp³-hybridized carbons (Fsp3) is 0.824. The molecule has 2 heterocycles. The van der Waals surface area contributed by atoms with E-state index in [1.165, 1.54) is 12.8 Å². The van der Waals surface area contributed by atoms with Crippen molar-refractivity contribution in [2.75, 3.05) is 39.3 Å². The van der Waals surface area contributed by atoms with Crippen LogP contribution in [0.15, 0.2) is 4.42 Å². The van der Waals surface area contributed by atoms with Gasteiger partial charge < -0.3 is 19.4 Å². The number of morpholine rings is 1. The molecule has 2 fully saturated rings. The van der Waals surface area contributed by atoms with Crippen LogP contribution in [0.2, 0.25) is 0 Å². The van der Waals surface area contributed by atoms with Crippen molar-refractivity contribution < 1.29 is 13.9 Å². The molecule has 1 aliphatic heterocycles. The van der Waals surface area contributed by atoms with Gasteiger partial charge in [-0.05, 0) is 19.4 Å². The van der Waals surface area contributed by atoms with Gasteiger partial charge in [0.05, 0.1) is 13.2 Å². The zero-order valence-corrected chi connectivity index (χ0v) is 15.4. The van der Waals surface area contributed by atoms with E-state index in [1.54, 1.807) is 4.90 Å². The summed E-state index contributed by atoms with van der Waals surface area (Å²) in [6.45, 7) is 10.3. The normalized spacial score (nSPS) is 21.2. The van der Waals surface area contributed by atoms with E-state index in [0.717, 1.165) is 19.1 Å². The lowest BCUT2D eigenvalue weighted by Crippen LogP contribution is -2.48. The second-order valence-corrected chi connectivity index (χ2v) is 7.03. The van der Waals surface area contributed by atoms with E-state index in [9.17, 15) is 4.79 Å². The Morgan fingerprint density at radius 2 is 2.20 bits per heavy atom.